The van der Waals surface area contributed by atoms with Gasteiger partial charge in [0, 0.05) is 11.9 Å². The second-order valence-corrected chi connectivity index (χ2v) is 5.71. The van der Waals surface area contributed by atoms with Crippen LogP contribution in [-0.2, 0) is 6.54 Å². The number of aldehydes is 1. The molecule has 1 heterocycles. The molecule has 0 saturated carbocycles. The normalized spacial score (nSPS) is 11.0. The van der Waals surface area contributed by atoms with Crippen LogP contribution in [0.25, 0.3) is 10.9 Å². The van der Waals surface area contributed by atoms with E-state index in [4.69, 9.17) is 11.6 Å². The topological polar surface area (TPSA) is 22.0 Å². The van der Waals surface area contributed by atoms with E-state index in [1.165, 1.54) is 11.1 Å². The number of carbonyl (C=O) groups is 1. The molecule has 0 atom stereocenters. The zero-order valence-electron chi connectivity index (χ0n) is 12.1. The second kappa shape index (κ2) is 5.38. The maximum absolute atomic E-state index is 11.4. The summed E-state index contributed by atoms with van der Waals surface area (Å²) in [6.07, 6.45) is 0.846. The number of rotatable bonds is 3. The second-order valence-electron chi connectivity index (χ2n) is 5.36. The van der Waals surface area contributed by atoms with Crippen molar-refractivity contribution in [1.29, 1.82) is 0 Å². The number of hydrogen-bond acceptors (Lipinski definition) is 1. The van der Waals surface area contributed by atoms with Gasteiger partial charge >= 0.3 is 0 Å². The van der Waals surface area contributed by atoms with Gasteiger partial charge in [-0.2, -0.15) is 0 Å². The van der Waals surface area contributed by atoms with Crippen molar-refractivity contribution in [3.8, 4) is 0 Å². The number of nitrogens with zero attached hydrogens (tertiary/aromatic N) is 1. The molecule has 0 saturated heterocycles. The Hall–Kier alpha value is -2.06. The molecule has 0 fully saturated rings. The van der Waals surface area contributed by atoms with E-state index >= 15 is 0 Å². The molecule has 3 rings (SSSR count). The van der Waals surface area contributed by atoms with Crippen molar-refractivity contribution >= 4 is 28.8 Å². The molecule has 21 heavy (non-hydrogen) atoms. The van der Waals surface area contributed by atoms with Crippen LogP contribution in [0.2, 0.25) is 5.15 Å². The molecule has 0 unspecified atom stereocenters. The number of aryl methyl sites for hydroxylation is 2. The van der Waals surface area contributed by atoms with Crippen molar-refractivity contribution in [2.24, 2.45) is 0 Å². The van der Waals surface area contributed by atoms with Gasteiger partial charge in [0.25, 0.3) is 0 Å². The Kier molecular flexibility index (Phi) is 3.56. The molecule has 0 radical (unpaired) electrons. The van der Waals surface area contributed by atoms with Crippen molar-refractivity contribution in [1.82, 2.24) is 4.57 Å². The quantitative estimate of drug-likeness (QED) is 0.638. The SMILES string of the molecule is Cc1ccc2c(c1)c(C=O)c(Cl)n2Cc1ccccc1C. The molecule has 0 amide bonds. The summed E-state index contributed by atoms with van der Waals surface area (Å²) in [6, 6.07) is 14.3. The standard InChI is InChI=1S/C18H16ClNO/c1-12-7-8-17-15(9-12)16(11-21)18(19)20(17)10-14-6-4-3-5-13(14)2/h3-9,11H,10H2,1-2H3. The first-order chi connectivity index (χ1) is 10.1. The van der Waals surface area contributed by atoms with Gasteiger partial charge in [0.1, 0.15) is 5.15 Å². The van der Waals surface area contributed by atoms with E-state index in [2.05, 4.69) is 19.1 Å². The molecule has 2 aromatic carbocycles. The lowest BCUT2D eigenvalue weighted by Gasteiger charge is -2.10. The third-order valence-corrected chi connectivity index (χ3v) is 4.31. The molecule has 3 aromatic rings. The van der Waals surface area contributed by atoms with E-state index in [1.807, 2.05) is 41.8 Å². The number of halogens is 1. The van der Waals surface area contributed by atoms with Gasteiger partial charge in [-0.25, -0.2) is 0 Å². The molecule has 0 bridgehead atoms. The van der Waals surface area contributed by atoms with Crippen LogP contribution in [0.3, 0.4) is 0 Å². The molecule has 106 valence electrons. The zero-order chi connectivity index (χ0) is 15.0. The van der Waals surface area contributed by atoms with E-state index in [1.54, 1.807) is 0 Å². The summed E-state index contributed by atoms with van der Waals surface area (Å²) in [7, 11) is 0. The van der Waals surface area contributed by atoms with E-state index in [0.29, 0.717) is 17.3 Å². The van der Waals surface area contributed by atoms with Gasteiger partial charge in [-0.3, -0.25) is 4.79 Å². The molecule has 0 aliphatic heterocycles. The highest BCUT2D eigenvalue weighted by Gasteiger charge is 2.15. The fourth-order valence-electron chi connectivity index (χ4n) is 2.69. The lowest BCUT2D eigenvalue weighted by molar-refractivity contribution is 0.112. The summed E-state index contributed by atoms with van der Waals surface area (Å²) in [5.74, 6) is 0. The van der Waals surface area contributed by atoms with Crippen molar-refractivity contribution in [2.45, 2.75) is 20.4 Å². The highest BCUT2D eigenvalue weighted by molar-refractivity contribution is 6.34. The Balaban J connectivity index is 2.21. The Morgan fingerprint density at radius 1 is 1.14 bits per heavy atom. The number of hydrogen-bond donors (Lipinski definition) is 0. The third kappa shape index (κ3) is 2.36. The molecule has 0 spiro atoms. The molecular formula is C18H16ClNO. The van der Waals surface area contributed by atoms with Crippen molar-refractivity contribution in [3.63, 3.8) is 0 Å². The lowest BCUT2D eigenvalue weighted by Crippen LogP contribution is -2.01. The van der Waals surface area contributed by atoms with Crippen molar-refractivity contribution in [2.75, 3.05) is 0 Å². The smallest absolute Gasteiger partial charge is 0.153 e. The first-order valence-corrected chi connectivity index (χ1v) is 7.27. The zero-order valence-corrected chi connectivity index (χ0v) is 12.8. The first kappa shape index (κ1) is 13.9. The maximum atomic E-state index is 11.4. The van der Waals surface area contributed by atoms with Crippen LogP contribution in [0.4, 0.5) is 0 Å². The minimum absolute atomic E-state index is 0.508. The van der Waals surface area contributed by atoms with Gasteiger partial charge in [0.15, 0.2) is 6.29 Å². The van der Waals surface area contributed by atoms with Gasteiger partial charge in [0.2, 0.25) is 0 Å². The lowest BCUT2D eigenvalue weighted by atomic mass is 10.1. The summed E-state index contributed by atoms with van der Waals surface area (Å²) in [6.45, 7) is 4.76. The summed E-state index contributed by atoms with van der Waals surface area (Å²) in [5.41, 5.74) is 5.11. The fraction of sp³-hybridized carbons (Fsp3) is 0.167. The van der Waals surface area contributed by atoms with E-state index in [-0.39, 0.29) is 0 Å². The van der Waals surface area contributed by atoms with Crippen LogP contribution in [0, 0.1) is 13.8 Å². The van der Waals surface area contributed by atoms with Crippen molar-refractivity contribution < 1.29 is 4.79 Å². The maximum Gasteiger partial charge on any atom is 0.153 e. The Bertz CT molecular complexity index is 833. The monoisotopic (exact) mass is 297 g/mol. The minimum atomic E-state index is 0.508. The number of fused-ring (bicyclic) bond motifs is 1. The largest absolute Gasteiger partial charge is 0.327 e. The van der Waals surface area contributed by atoms with Crippen LogP contribution in [0.5, 0.6) is 0 Å². The van der Waals surface area contributed by atoms with E-state index in [0.717, 1.165) is 22.8 Å². The molecule has 0 aliphatic rings. The number of aromatic nitrogens is 1. The molecule has 3 heteroatoms. The van der Waals surface area contributed by atoms with Crippen LogP contribution in [-0.4, -0.2) is 10.9 Å². The van der Waals surface area contributed by atoms with Gasteiger partial charge in [0.05, 0.1) is 11.1 Å². The summed E-state index contributed by atoms with van der Waals surface area (Å²) in [4.78, 5) is 11.4. The Labute approximate surface area is 129 Å². The van der Waals surface area contributed by atoms with Crippen LogP contribution < -0.4 is 0 Å². The highest BCUT2D eigenvalue weighted by atomic mass is 35.5. The van der Waals surface area contributed by atoms with Gasteiger partial charge < -0.3 is 4.57 Å². The summed E-state index contributed by atoms with van der Waals surface area (Å²) in [5, 5.41) is 1.43. The number of carbonyl (C=O) groups excluding carboxylic acids is 1. The predicted molar refractivity (Wildman–Crippen MR) is 87.4 cm³/mol. The molecule has 2 nitrogen and oxygen atoms in total. The van der Waals surface area contributed by atoms with E-state index in [9.17, 15) is 4.79 Å². The average molecular weight is 298 g/mol. The number of benzene rings is 2. The van der Waals surface area contributed by atoms with Crippen LogP contribution >= 0.6 is 11.6 Å². The highest BCUT2D eigenvalue weighted by Crippen LogP contribution is 2.30. The first-order valence-electron chi connectivity index (χ1n) is 6.90. The minimum Gasteiger partial charge on any atom is -0.327 e. The predicted octanol–water partition coefficient (Wildman–Crippen LogP) is 4.77. The van der Waals surface area contributed by atoms with Crippen LogP contribution in [0.15, 0.2) is 42.5 Å². The molecular weight excluding hydrogens is 282 g/mol. The fourth-order valence-corrected chi connectivity index (χ4v) is 2.98. The summed E-state index contributed by atoms with van der Waals surface area (Å²) < 4.78 is 2.00. The van der Waals surface area contributed by atoms with Gasteiger partial charge in [-0.1, -0.05) is 47.5 Å². The van der Waals surface area contributed by atoms with E-state index < -0.39 is 0 Å². The van der Waals surface area contributed by atoms with Crippen LogP contribution in [0.1, 0.15) is 27.0 Å². The van der Waals surface area contributed by atoms with Crippen molar-refractivity contribution in [3.05, 3.63) is 69.9 Å². The molecule has 0 N–H and O–H groups in total. The van der Waals surface area contributed by atoms with Gasteiger partial charge in [-0.05, 0) is 37.1 Å². The molecule has 0 aliphatic carbocycles. The average Bonchev–Trinajstić information content (AvgIpc) is 2.73. The molecule has 1 aromatic heterocycles. The summed E-state index contributed by atoms with van der Waals surface area (Å²) >= 11 is 6.44. The Morgan fingerprint density at radius 2 is 1.90 bits per heavy atom. The Morgan fingerprint density at radius 3 is 2.62 bits per heavy atom. The van der Waals surface area contributed by atoms with Gasteiger partial charge in [-0.15, -0.1) is 0 Å². The third-order valence-electron chi connectivity index (χ3n) is 3.90.